The third kappa shape index (κ3) is 4.36. The normalized spacial score (nSPS) is 14.2. The van der Waals surface area contributed by atoms with Gasteiger partial charge >= 0.3 is 5.69 Å². The lowest BCUT2D eigenvalue weighted by Crippen LogP contribution is -2.34. The molecule has 1 N–H and O–H groups in total. The second-order valence-corrected chi connectivity index (χ2v) is 6.40. The molecule has 1 amide bonds. The maximum absolute atomic E-state index is 12.3. The smallest absolute Gasteiger partial charge is 0.354 e. The first-order valence-electron chi connectivity index (χ1n) is 8.37. The minimum absolute atomic E-state index is 0.164. The quantitative estimate of drug-likeness (QED) is 0.799. The van der Waals surface area contributed by atoms with Gasteiger partial charge in [-0.2, -0.15) is 9.36 Å². The molecule has 25 heavy (non-hydrogen) atoms. The molecule has 2 aromatic rings. The molecule has 8 heteroatoms. The van der Waals surface area contributed by atoms with Crippen molar-refractivity contribution in [2.75, 3.05) is 6.54 Å². The van der Waals surface area contributed by atoms with Crippen molar-refractivity contribution < 1.29 is 4.79 Å². The van der Waals surface area contributed by atoms with Crippen LogP contribution in [-0.2, 0) is 11.3 Å². The molecule has 3 rings (SSSR count). The lowest BCUT2D eigenvalue weighted by Gasteiger charge is -2.12. The number of amides is 1. The average molecular weight is 362 g/mol. The SMILES string of the molecule is O=C(Cn1nnn(-c2ccccc2Cl)c1=O)NCCC1=CCCCC1. The standard InChI is InChI=1S/C17H20ClN5O2/c18-14-8-4-5-9-15(14)23-17(25)22(20-21-23)12-16(24)19-11-10-13-6-2-1-3-7-13/h4-6,8-9H,1-3,7,10-12H2,(H,19,24). The first-order valence-corrected chi connectivity index (χ1v) is 8.75. The zero-order chi connectivity index (χ0) is 17.6. The lowest BCUT2D eigenvalue weighted by atomic mass is 9.97. The summed E-state index contributed by atoms with van der Waals surface area (Å²) in [5.74, 6) is -0.260. The number of tetrazole rings is 1. The van der Waals surface area contributed by atoms with Crippen LogP contribution in [0.5, 0.6) is 0 Å². The predicted octanol–water partition coefficient (Wildman–Crippen LogP) is 2.09. The van der Waals surface area contributed by atoms with Crippen LogP contribution in [0.4, 0.5) is 0 Å². The fraction of sp³-hybridized carbons (Fsp3) is 0.412. The van der Waals surface area contributed by atoms with E-state index in [9.17, 15) is 9.59 Å². The van der Waals surface area contributed by atoms with Gasteiger partial charge in [0, 0.05) is 6.54 Å². The number of allylic oxidation sites excluding steroid dienone is 1. The molecule has 0 atom stereocenters. The zero-order valence-electron chi connectivity index (χ0n) is 13.8. The number of benzene rings is 1. The highest BCUT2D eigenvalue weighted by molar-refractivity contribution is 6.32. The van der Waals surface area contributed by atoms with Crippen molar-refractivity contribution in [2.24, 2.45) is 0 Å². The van der Waals surface area contributed by atoms with Crippen LogP contribution >= 0.6 is 11.6 Å². The fourth-order valence-electron chi connectivity index (χ4n) is 2.83. The van der Waals surface area contributed by atoms with Gasteiger partial charge in [0.1, 0.15) is 6.54 Å². The van der Waals surface area contributed by atoms with E-state index in [4.69, 9.17) is 11.6 Å². The summed E-state index contributed by atoms with van der Waals surface area (Å²) in [6, 6.07) is 6.84. The first kappa shape index (κ1) is 17.4. The van der Waals surface area contributed by atoms with Gasteiger partial charge in [-0.25, -0.2) is 4.79 Å². The largest absolute Gasteiger partial charge is 0.369 e. The molecule has 1 aliphatic carbocycles. The minimum atomic E-state index is -0.502. The van der Waals surface area contributed by atoms with E-state index in [2.05, 4.69) is 21.8 Å². The van der Waals surface area contributed by atoms with Crippen molar-refractivity contribution >= 4 is 17.5 Å². The highest BCUT2D eigenvalue weighted by atomic mass is 35.5. The second kappa shape index (κ2) is 8.11. The van der Waals surface area contributed by atoms with Crippen molar-refractivity contribution in [2.45, 2.75) is 38.6 Å². The number of hydrogen-bond donors (Lipinski definition) is 1. The molecule has 132 valence electrons. The van der Waals surface area contributed by atoms with Gasteiger partial charge in [0.25, 0.3) is 0 Å². The van der Waals surface area contributed by atoms with E-state index in [1.54, 1.807) is 24.3 Å². The maximum atomic E-state index is 12.3. The summed E-state index contributed by atoms with van der Waals surface area (Å²) < 4.78 is 2.11. The predicted molar refractivity (Wildman–Crippen MR) is 94.8 cm³/mol. The summed E-state index contributed by atoms with van der Waals surface area (Å²) in [6.07, 6.45) is 7.83. The molecule has 1 aromatic heterocycles. The van der Waals surface area contributed by atoms with Gasteiger partial charge in [0.05, 0.1) is 10.7 Å². The van der Waals surface area contributed by atoms with Crippen LogP contribution in [-0.4, -0.2) is 32.2 Å². The molecule has 7 nitrogen and oxygen atoms in total. The van der Waals surface area contributed by atoms with Crippen LogP contribution in [0.2, 0.25) is 5.02 Å². The van der Waals surface area contributed by atoms with Crippen LogP contribution in [0.15, 0.2) is 40.7 Å². The summed E-state index contributed by atoms with van der Waals surface area (Å²) in [6.45, 7) is 0.403. The third-order valence-corrected chi connectivity index (χ3v) is 4.49. The van der Waals surface area contributed by atoms with E-state index in [-0.39, 0.29) is 12.5 Å². The van der Waals surface area contributed by atoms with Gasteiger partial charge in [-0.3, -0.25) is 4.79 Å². The number of rotatable bonds is 6. The summed E-state index contributed by atoms with van der Waals surface area (Å²) >= 11 is 6.07. The van der Waals surface area contributed by atoms with Gasteiger partial charge in [0.2, 0.25) is 5.91 Å². The van der Waals surface area contributed by atoms with Crippen LogP contribution in [0.25, 0.3) is 5.69 Å². The molecule has 0 radical (unpaired) electrons. The topological polar surface area (TPSA) is 81.8 Å². The summed E-state index contributed by atoms with van der Waals surface area (Å²) in [7, 11) is 0. The fourth-order valence-corrected chi connectivity index (χ4v) is 3.05. The van der Waals surface area contributed by atoms with E-state index in [0.717, 1.165) is 28.6 Å². The van der Waals surface area contributed by atoms with Gasteiger partial charge < -0.3 is 5.32 Å². The molecular formula is C17H20ClN5O2. The summed E-state index contributed by atoms with van der Waals surface area (Å²) in [5, 5.41) is 10.8. The number of aromatic nitrogens is 4. The number of nitrogens with zero attached hydrogens (tertiary/aromatic N) is 4. The number of carbonyl (C=O) groups excluding carboxylic acids is 1. The van der Waals surface area contributed by atoms with Crippen LogP contribution in [0.1, 0.15) is 32.1 Å². The van der Waals surface area contributed by atoms with E-state index in [0.29, 0.717) is 17.3 Å². The number of carbonyl (C=O) groups is 1. The maximum Gasteiger partial charge on any atom is 0.369 e. The van der Waals surface area contributed by atoms with E-state index in [1.165, 1.54) is 18.4 Å². The van der Waals surface area contributed by atoms with Crippen LogP contribution < -0.4 is 11.0 Å². The average Bonchev–Trinajstić information content (AvgIpc) is 2.97. The Bertz CT molecular complexity index is 840. The lowest BCUT2D eigenvalue weighted by molar-refractivity contribution is -0.121. The number of nitrogens with one attached hydrogen (secondary N) is 1. The van der Waals surface area contributed by atoms with Gasteiger partial charge in [-0.15, -0.1) is 0 Å². The molecule has 0 spiro atoms. The van der Waals surface area contributed by atoms with E-state index in [1.807, 2.05) is 0 Å². The molecule has 0 bridgehead atoms. The van der Waals surface area contributed by atoms with Gasteiger partial charge in [-0.1, -0.05) is 35.4 Å². The molecule has 0 saturated carbocycles. The minimum Gasteiger partial charge on any atom is -0.354 e. The summed E-state index contributed by atoms with van der Waals surface area (Å²) in [4.78, 5) is 24.4. The second-order valence-electron chi connectivity index (χ2n) is 5.99. The van der Waals surface area contributed by atoms with E-state index >= 15 is 0 Å². The molecule has 0 fully saturated rings. The van der Waals surface area contributed by atoms with Crippen LogP contribution in [0.3, 0.4) is 0 Å². The number of halogens is 1. The highest BCUT2D eigenvalue weighted by Gasteiger charge is 2.14. The Morgan fingerprint density at radius 2 is 2.08 bits per heavy atom. The Labute approximate surface area is 150 Å². The molecule has 1 aromatic carbocycles. The Balaban J connectivity index is 1.58. The Kier molecular flexibility index (Phi) is 5.65. The molecule has 0 saturated heterocycles. The van der Waals surface area contributed by atoms with Crippen molar-refractivity contribution in [1.82, 2.24) is 25.1 Å². The Morgan fingerprint density at radius 3 is 2.84 bits per heavy atom. The Hall–Kier alpha value is -2.41. The monoisotopic (exact) mass is 361 g/mol. The number of para-hydroxylation sites is 1. The third-order valence-electron chi connectivity index (χ3n) is 4.17. The molecule has 0 unspecified atom stereocenters. The van der Waals surface area contributed by atoms with Crippen molar-refractivity contribution in [3.63, 3.8) is 0 Å². The molecule has 1 heterocycles. The zero-order valence-corrected chi connectivity index (χ0v) is 14.6. The van der Waals surface area contributed by atoms with Gasteiger partial charge in [0.15, 0.2) is 0 Å². The molecule has 0 aliphatic heterocycles. The van der Waals surface area contributed by atoms with E-state index < -0.39 is 5.69 Å². The number of hydrogen-bond acceptors (Lipinski definition) is 4. The van der Waals surface area contributed by atoms with Gasteiger partial charge in [-0.05, 0) is 54.7 Å². The van der Waals surface area contributed by atoms with Crippen LogP contribution in [0, 0.1) is 0 Å². The molecular weight excluding hydrogens is 342 g/mol. The molecule has 1 aliphatic rings. The Morgan fingerprint density at radius 1 is 1.24 bits per heavy atom. The van der Waals surface area contributed by atoms with Crippen molar-refractivity contribution in [3.8, 4) is 5.69 Å². The van der Waals surface area contributed by atoms with Crippen molar-refractivity contribution in [3.05, 3.63) is 51.4 Å². The van der Waals surface area contributed by atoms with Crippen molar-refractivity contribution in [1.29, 1.82) is 0 Å². The highest BCUT2D eigenvalue weighted by Crippen LogP contribution is 2.19. The summed E-state index contributed by atoms with van der Waals surface area (Å²) in [5.41, 5.74) is 1.33. The first-order chi connectivity index (χ1) is 12.1.